The fourth-order valence-electron chi connectivity index (χ4n) is 3.46. The Hall–Kier alpha value is -2.57. The Labute approximate surface area is 161 Å². The number of benzene rings is 1. The van der Waals surface area contributed by atoms with Crippen molar-refractivity contribution in [1.82, 2.24) is 9.88 Å². The molecule has 138 valence electrons. The summed E-state index contributed by atoms with van der Waals surface area (Å²) in [4.78, 5) is 32.8. The van der Waals surface area contributed by atoms with Crippen LogP contribution in [0.2, 0.25) is 0 Å². The lowest BCUT2D eigenvalue weighted by molar-refractivity contribution is 0.0475. The molecule has 1 aromatic carbocycles. The number of carbonyl (C=O) groups excluding carboxylic acids is 2. The minimum absolute atomic E-state index is 0.180. The van der Waals surface area contributed by atoms with Gasteiger partial charge in [0.25, 0.3) is 0 Å². The maximum Gasteiger partial charge on any atom is 0.339 e. The summed E-state index contributed by atoms with van der Waals surface area (Å²) in [6, 6.07) is 11.2. The van der Waals surface area contributed by atoms with E-state index in [0.717, 1.165) is 41.7 Å². The molecule has 0 N–H and O–H groups in total. The van der Waals surface area contributed by atoms with Crippen LogP contribution in [0.4, 0.5) is 0 Å². The lowest BCUT2D eigenvalue weighted by atomic mass is 9.96. The first-order chi connectivity index (χ1) is 13.2. The van der Waals surface area contributed by atoms with Crippen molar-refractivity contribution < 1.29 is 14.3 Å². The van der Waals surface area contributed by atoms with Gasteiger partial charge < -0.3 is 4.74 Å². The van der Waals surface area contributed by atoms with Crippen molar-refractivity contribution in [2.45, 2.75) is 19.9 Å². The lowest BCUT2D eigenvalue weighted by Crippen LogP contribution is -2.32. The van der Waals surface area contributed by atoms with E-state index in [4.69, 9.17) is 9.72 Å². The number of ketones is 1. The monoisotopic (exact) mass is 380 g/mol. The molecule has 4 rings (SSSR count). The molecule has 0 saturated carbocycles. The Bertz CT molecular complexity index is 998. The van der Waals surface area contributed by atoms with Crippen molar-refractivity contribution in [3.8, 4) is 0 Å². The number of likely N-dealkylation sites (N-methyl/N-ethyl adjacent to an activating group) is 1. The summed E-state index contributed by atoms with van der Waals surface area (Å²) in [5.74, 6) is -0.631. The molecule has 0 amide bonds. The Morgan fingerprint density at radius 2 is 2.07 bits per heavy atom. The fourth-order valence-corrected chi connectivity index (χ4v) is 4.11. The maximum absolute atomic E-state index is 13.0. The summed E-state index contributed by atoms with van der Waals surface area (Å²) in [5.41, 5.74) is 3.22. The maximum atomic E-state index is 13.0. The van der Waals surface area contributed by atoms with Crippen LogP contribution in [0.15, 0.2) is 41.8 Å². The molecule has 3 heterocycles. The first-order valence-electron chi connectivity index (χ1n) is 9.04. The summed E-state index contributed by atoms with van der Waals surface area (Å²) in [6.45, 7) is 4.38. The number of fused-ring (bicyclic) bond motifs is 2. The summed E-state index contributed by atoms with van der Waals surface area (Å²) in [7, 11) is 0. The van der Waals surface area contributed by atoms with Gasteiger partial charge in [-0.2, -0.15) is 0 Å². The number of rotatable bonds is 5. The third-order valence-electron chi connectivity index (χ3n) is 4.91. The zero-order valence-corrected chi connectivity index (χ0v) is 15.9. The molecule has 5 nitrogen and oxygen atoms in total. The zero-order chi connectivity index (χ0) is 18.8. The van der Waals surface area contributed by atoms with Gasteiger partial charge in [-0.15, -0.1) is 11.3 Å². The van der Waals surface area contributed by atoms with E-state index in [1.807, 2.05) is 35.7 Å². The van der Waals surface area contributed by atoms with E-state index in [9.17, 15) is 9.59 Å². The van der Waals surface area contributed by atoms with Gasteiger partial charge >= 0.3 is 5.97 Å². The molecule has 0 fully saturated rings. The standard InChI is InChI=1S/C21H20N2O3S/c1-2-23-10-9-17-15(12-23)20(14-6-3-4-7-16(14)22-17)21(25)26-13-18(24)19-8-5-11-27-19/h3-8,11H,2,9-10,12-13H2,1H3. The quantitative estimate of drug-likeness (QED) is 0.499. The molecule has 0 radical (unpaired) electrons. The topological polar surface area (TPSA) is 59.5 Å². The van der Waals surface area contributed by atoms with Crippen LogP contribution in [0, 0.1) is 0 Å². The third-order valence-corrected chi connectivity index (χ3v) is 5.82. The van der Waals surface area contributed by atoms with E-state index in [1.54, 1.807) is 6.07 Å². The smallest absolute Gasteiger partial charge is 0.339 e. The number of pyridine rings is 1. The molecule has 0 spiro atoms. The third kappa shape index (κ3) is 3.50. The van der Waals surface area contributed by atoms with Crippen molar-refractivity contribution in [2.75, 3.05) is 19.7 Å². The molecule has 3 aromatic rings. The van der Waals surface area contributed by atoms with Crippen LogP contribution in [-0.2, 0) is 17.7 Å². The second-order valence-corrected chi connectivity index (χ2v) is 7.47. The van der Waals surface area contributed by atoms with Crippen molar-refractivity contribution in [2.24, 2.45) is 0 Å². The Morgan fingerprint density at radius 3 is 2.85 bits per heavy atom. The highest BCUT2D eigenvalue weighted by Gasteiger charge is 2.26. The Balaban J connectivity index is 1.68. The van der Waals surface area contributed by atoms with Gasteiger partial charge in [0.2, 0.25) is 5.78 Å². The first-order valence-corrected chi connectivity index (χ1v) is 9.92. The zero-order valence-electron chi connectivity index (χ0n) is 15.1. The molecule has 1 aliphatic heterocycles. The number of carbonyl (C=O) groups is 2. The number of hydrogen-bond acceptors (Lipinski definition) is 6. The second kappa shape index (κ2) is 7.58. The molecular weight excluding hydrogens is 360 g/mol. The van der Waals surface area contributed by atoms with Crippen LogP contribution < -0.4 is 0 Å². The number of nitrogens with zero attached hydrogens (tertiary/aromatic N) is 2. The predicted octanol–water partition coefficient (Wildman–Crippen LogP) is 3.71. The SMILES string of the molecule is CCN1CCc2nc3ccccc3c(C(=O)OCC(=O)c3cccs3)c2C1. The first kappa shape index (κ1) is 17.8. The molecule has 6 heteroatoms. The Kier molecular flexibility index (Phi) is 5.01. The predicted molar refractivity (Wildman–Crippen MR) is 105 cm³/mol. The summed E-state index contributed by atoms with van der Waals surface area (Å²) in [5, 5.41) is 2.61. The highest BCUT2D eigenvalue weighted by Crippen LogP contribution is 2.28. The number of para-hydroxylation sites is 1. The fraction of sp³-hybridized carbons (Fsp3) is 0.286. The van der Waals surface area contributed by atoms with E-state index < -0.39 is 5.97 Å². The molecule has 0 atom stereocenters. The largest absolute Gasteiger partial charge is 0.454 e. The number of aromatic nitrogens is 1. The van der Waals surface area contributed by atoms with Crippen LogP contribution in [-0.4, -0.2) is 41.3 Å². The van der Waals surface area contributed by atoms with E-state index in [2.05, 4.69) is 11.8 Å². The van der Waals surface area contributed by atoms with Gasteiger partial charge in [-0.3, -0.25) is 14.7 Å². The molecular formula is C21H20N2O3S. The van der Waals surface area contributed by atoms with Crippen molar-refractivity contribution in [3.05, 3.63) is 63.5 Å². The van der Waals surface area contributed by atoms with Crippen LogP contribution in [0.5, 0.6) is 0 Å². The highest BCUT2D eigenvalue weighted by atomic mass is 32.1. The van der Waals surface area contributed by atoms with Gasteiger partial charge in [0.05, 0.1) is 16.0 Å². The van der Waals surface area contributed by atoms with Gasteiger partial charge in [0, 0.05) is 36.2 Å². The highest BCUT2D eigenvalue weighted by molar-refractivity contribution is 7.12. The molecule has 2 aromatic heterocycles. The molecule has 27 heavy (non-hydrogen) atoms. The number of esters is 1. The van der Waals surface area contributed by atoms with Crippen molar-refractivity contribution in [3.63, 3.8) is 0 Å². The van der Waals surface area contributed by atoms with Crippen LogP contribution in [0.3, 0.4) is 0 Å². The van der Waals surface area contributed by atoms with Gasteiger partial charge in [-0.25, -0.2) is 4.79 Å². The number of Topliss-reactive ketones (excluding diaryl/α,β-unsaturated/α-hetero) is 1. The van der Waals surface area contributed by atoms with Gasteiger partial charge in [0.15, 0.2) is 6.61 Å². The van der Waals surface area contributed by atoms with Crippen molar-refractivity contribution >= 4 is 34.0 Å². The average Bonchev–Trinajstić information content (AvgIpc) is 3.24. The minimum atomic E-state index is -0.451. The molecule has 0 unspecified atom stereocenters. The van der Waals surface area contributed by atoms with Crippen LogP contribution >= 0.6 is 11.3 Å². The van der Waals surface area contributed by atoms with E-state index in [1.165, 1.54) is 11.3 Å². The number of hydrogen-bond donors (Lipinski definition) is 0. The van der Waals surface area contributed by atoms with Gasteiger partial charge in [0.1, 0.15) is 0 Å². The van der Waals surface area contributed by atoms with E-state index >= 15 is 0 Å². The van der Waals surface area contributed by atoms with Gasteiger partial charge in [-0.1, -0.05) is 31.2 Å². The van der Waals surface area contributed by atoms with Crippen molar-refractivity contribution in [1.29, 1.82) is 0 Å². The summed E-state index contributed by atoms with van der Waals surface area (Å²) in [6.07, 6.45) is 0.808. The number of thiophene rings is 1. The summed E-state index contributed by atoms with van der Waals surface area (Å²) < 4.78 is 5.43. The minimum Gasteiger partial charge on any atom is -0.454 e. The molecule has 0 saturated heterocycles. The van der Waals surface area contributed by atoms with Gasteiger partial charge in [-0.05, 0) is 24.1 Å². The van der Waals surface area contributed by atoms with E-state index in [-0.39, 0.29) is 12.4 Å². The molecule has 1 aliphatic rings. The summed E-state index contributed by atoms with van der Waals surface area (Å²) >= 11 is 1.35. The Morgan fingerprint density at radius 1 is 1.22 bits per heavy atom. The molecule has 0 bridgehead atoms. The second-order valence-electron chi connectivity index (χ2n) is 6.52. The lowest BCUT2D eigenvalue weighted by Gasteiger charge is -2.28. The molecule has 0 aliphatic carbocycles. The van der Waals surface area contributed by atoms with E-state index in [0.29, 0.717) is 17.0 Å². The average molecular weight is 380 g/mol. The van der Waals surface area contributed by atoms with Crippen LogP contribution in [0.25, 0.3) is 10.9 Å². The normalized spacial score (nSPS) is 14.1. The number of ether oxygens (including phenoxy) is 1. The van der Waals surface area contributed by atoms with Crippen LogP contribution in [0.1, 0.15) is 38.2 Å².